The number of ketones is 1. The standard InChI is InChI=1S/C19H16FNOS/c1-12-4-3-5-16-13(2)10-18(21-19(12)16)23-11-17(22)14-6-8-15(20)9-7-14/h3-10H,11H2,1-2H3. The fraction of sp³-hybridized carbons (Fsp3) is 0.158. The van der Waals surface area contributed by atoms with Gasteiger partial charge in [0.2, 0.25) is 0 Å². The third kappa shape index (κ3) is 3.42. The summed E-state index contributed by atoms with van der Waals surface area (Å²) in [6.45, 7) is 4.09. The zero-order chi connectivity index (χ0) is 16.4. The number of halogens is 1. The van der Waals surface area contributed by atoms with Gasteiger partial charge >= 0.3 is 0 Å². The molecule has 0 saturated heterocycles. The molecule has 0 radical (unpaired) electrons. The second kappa shape index (κ2) is 6.50. The summed E-state index contributed by atoms with van der Waals surface area (Å²) >= 11 is 1.41. The van der Waals surface area contributed by atoms with E-state index in [1.54, 1.807) is 0 Å². The number of carbonyl (C=O) groups is 1. The molecule has 0 saturated carbocycles. The Hall–Kier alpha value is -2.20. The van der Waals surface area contributed by atoms with Crippen molar-refractivity contribution in [2.45, 2.75) is 18.9 Å². The first-order valence-corrected chi connectivity index (χ1v) is 8.32. The van der Waals surface area contributed by atoms with Crippen LogP contribution in [0.15, 0.2) is 53.6 Å². The van der Waals surface area contributed by atoms with Crippen LogP contribution in [0, 0.1) is 19.7 Å². The predicted molar refractivity (Wildman–Crippen MR) is 92.7 cm³/mol. The number of para-hydroxylation sites is 1. The van der Waals surface area contributed by atoms with Crippen molar-refractivity contribution in [2.75, 3.05) is 5.75 Å². The Morgan fingerprint density at radius 2 is 1.83 bits per heavy atom. The third-order valence-electron chi connectivity index (χ3n) is 3.74. The lowest BCUT2D eigenvalue weighted by atomic mass is 10.1. The van der Waals surface area contributed by atoms with Gasteiger partial charge in [-0.15, -0.1) is 0 Å². The molecule has 2 aromatic carbocycles. The SMILES string of the molecule is Cc1cc(SCC(=O)c2ccc(F)cc2)nc2c(C)cccc12. The maximum atomic E-state index is 12.9. The van der Waals surface area contributed by atoms with Gasteiger partial charge in [0.1, 0.15) is 5.82 Å². The second-order valence-corrected chi connectivity index (χ2v) is 6.46. The largest absolute Gasteiger partial charge is 0.293 e. The fourth-order valence-electron chi connectivity index (χ4n) is 2.46. The first kappa shape index (κ1) is 15.7. The van der Waals surface area contributed by atoms with Gasteiger partial charge in [-0.3, -0.25) is 4.79 Å². The van der Waals surface area contributed by atoms with E-state index in [1.165, 1.54) is 36.0 Å². The van der Waals surface area contributed by atoms with Gasteiger partial charge < -0.3 is 0 Å². The van der Waals surface area contributed by atoms with E-state index < -0.39 is 0 Å². The first-order valence-electron chi connectivity index (χ1n) is 7.33. The normalized spacial score (nSPS) is 10.9. The highest BCUT2D eigenvalue weighted by Crippen LogP contribution is 2.26. The summed E-state index contributed by atoms with van der Waals surface area (Å²) in [4.78, 5) is 16.8. The number of aryl methyl sites for hydroxylation is 2. The Morgan fingerprint density at radius 3 is 2.57 bits per heavy atom. The number of pyridine rings is 1. The van der Waals surface area contributed by atoms with Crippen LogP contribution in [-0.2, 0) is 0 Å². The number of nitrogens with zero attached hydrogens (tertiary/aromatic N) is 1. The molecule has 23 heavy (non-hydrogen) atoms. The summed E-state index contributed by atoms with van der Waals surface area (Å²) < 4.78 is 12.9. The Labute approximate surface area is 138 Å². The molecular weight excluding hydrogens is 309 g/mol. The van der Waals surface area contributed by atoms with E-state index in [4.69, 9.17) is 0 Å². The van der Waals surface area contributed by atoms with Crippen molar-refractivity contribution in [3.63, 3.8) is 0 Å². The highest BCUT2D eigenvalue weighted by Gasteiger charge is 2.10. The number of aromatic nitrogens is 1. The average molecular weight is 325 g/mol. The quantitative estimate of drug-likeness (QED) is 0.501. The molecule has 0 aliphatic heterocycles. The molecule has 0 spiro atoms. The molecular formula is C19H16FNOS. The molecule has 116 valence electrons. The molecule has 3 rings (SSSR count). The summed E-state index contributed by atoms with van der Waals surface area (Å²) in [5.74, 6) is -0.0778. The van der Waals surface area contributed by atoms with E-state index in [0.717, 1.165) is 27.1 Å². The Kier molecular flexibility index (Phi) is 4.44. The van der Waals surface area contributed by atoms with Crippen LogP contribution in [0.3, 0.4) is 0 Å². The number of fused-ring (bicyclic) bond motifs is 1. The minimum Gasteiger partial charge on any atom is -0.293 e. The number of rotatable bonds is 4. The Morgan fingerprint density at radius 1 is 1.09 bits per heavy atom. The van der Waals surface area contributed by atoms with Gasteiger partial charge in [-0.05, 0) is 55.3 Å². The Balaban J connectivity index is 1.80. The van der Waals surface area contributed by atoms with E-state index in [2.05, 4.69) is 18.0 Å². The summed E-state index contributed by atoms with van der Waals surface area (Å²) in [6.07, 6.45) is 0. The number of hydrogen-bond donors (Lipinski definition) is 0. The molecule has 0 bridgehead atoms. The first-order chi connectivity index (χ1) is 11.0. The number of thioether (sulfide) groups is 1. The summed E-state index contributed by atoms with van der Waals surface area (Å²) in [6, 6.07) is 13.8. The van der Waals surface area contributed by atoms with Crippen molar-refractivity contribution in [2.24, 2.45) is 0 Å². The highest BCUT2D eigenvalue weighted by atomic mass is 32.2. The predicted octanol–water partition coefficient (Wildman–Crippen LogP) is 4.97. The minimum absolute atomic E-state index is 0.0284. The topological polar surface area (TPSA) is 30.0 Å². The van der Waals surface area contributed by atoms with Crippen molar-refractivity contribution < 1.29 is 9.18 Å². The molecule has 0 unspecified atom stereocenters. The molecule has 2 nitrogen and oxygen atoms in total. The van der Waals surface area contributed by atoms with Gasteiger partial charge in [0, 0.05) is 10.9 Å². The van der Waals surface area contributed by atoms with E-state index in [1.807, 2.05) is 25.1 Å². The smallest absolute Gasteiger partial charge is 0.173 e. The van der Waals surface area contributed by atoms with Gasteiger partial charge in [0.05, 0.1) is 16.3 Å². The van der Waals surface area contributed by atoms with E-state index >= 15 is 0 Å². The summed E-state index contributed by atoms with van der Waals surface area (Å²) in [5.41, 5.74) is 3.77. The van der Waals surface area contributed by atoms with Crippen molar-refractivity contribution in [1.29, 1.82) is 0 Å². The van der Waals surface area contributed by atoms with Crippen molar-refractivity contribution in [1.82, 2.24) is 4.98 Å². The summed E-state index contributed by atoms with van der Waals surface area (Å²) in [5, 5.41) is 1.97. The van der Waals surface area contributed by atoms with E-state index in [9.17, 15) is 9.18 Å². The van der Waals surface area contributed by atoms with Crippen LogP contribution in [-0.4, -0.2) is 16.5 Å². The van der Waals surface area contributed by atoms with Crippen LogP contribution in [0.4, 0.5) is 4.39 Å². The number of hydrogen-bond acceptors (Lipinski definition) is 3. The maximum absolute atomic E-state index is 12.9. The molecule has 0 atom stereocenters. The highest BCUT2D eigenvalue weighted by molar-refractivity contribution is 7.99. The van der Waals surface area contributed by atoms with E-state index in [-0.39, 0.29) is 17.4 Å². The van der Waals surface area contributed by atoms with Crippen LogP contribution >= 0.6 is 11.8 Å². The lowest BCUT2D eigenvalue weighted by Crippen LogP contribution is -2.02. The molecule has 1 aromatic heterocycles. The van der Waals surface area contributed by atoms with Gasteiger partial charge in [-0.1, -0.05) is 30.0 Å². The number of benzene rings is 2. The van der Waals surface area contributed by atoms with Crippen molar-refractivity contribution in [3.05, 3.63) is 71.0 Å². The molecule has 0 N–H and O–H groups in total. The van der Waals surface area contributed by atoms with Gasteiger partial charge in [0.25, 0.3) is 0 Å². The summed E-state index contributed by atoms with van der Waals surface area (Å²) in [7, 11) is 0. The van der Waals surface area contributed by atoms with Crippen LogP contribution in [0.5, 0.6) is 0 Å². The van der Waals surface area contributed by atoms with Gasteiger partial charge in [0.15, 0.2) is 5.78 Å². The monoisotopic (exact) mass is 325 g/mol. The minimum atomic E-state index is -0.337. The molecule has 1 heterocycles. The molecule has 4 heteroatoms. The second-order valence-electron chi connectivity index (χ2n) is 5.47. The molecule has 0 aliphatic carbocycles. The van der Waals surface area contributed by atoms with Crippen molar-refractivity contribution >= 4 is 28.4 Å². The molecule has 3 aromatic rings. The number of carbonyl (C=O) groups excluding carboxylic acids is 1. The van der Waals surface area contributed by atoms with Crippen LogP contribution < -0.4 is 0 Å². The average Bonchev–Trinajstić information content (AvgIpc) is 2.54. The lowest BCUT2D eigenvalue weighted by molar-refractivity contribution is 0.102. The maximum Gasteiger partial charge on any atom is 0.173 e. The van der Waals surface area contributed by atoms with Crippen molar-refractivity contribution in [3.8, 4) is 0 Å². The van der Waals surface area contributed by atoms with E-state index in [0.29, 0.717) is 5.56 Å². The van der Waals surface area contributed by atoms with Gasteiger partial charge in [-0.2, -0.15) is 0 Å². The zero-order valence-corrected chi connectivity index (χ0v) is 13.8. The molecule has 0 fully saturated rings. The van der Waals surface area contributed by atoms with Crippen LogP contribution in [0.25, 0.3) is 10.9 Å². The van der Waals surface area contributed by atoms with Crippen LogP contribution in [0.1, 0.15) is 21.5 Å². The number of Topliss-reactive ketones (excluding diaryl/α,β-unsaturated/α-hetero) is 1. The molecule has 0 aliphatic rings. The Bertz CT molecular complexity index is 874. The van der Waals surface area contributed by atoms with Crippen LogP contribution in [0.2, 0.25) is 0 Å². The lowest BCUT2D eigenvalue weighted by Gasteiger charge is -2.08. The third-order valence-corrected chi connectivity index (χ3v) is 4.65. The molecule has 0 amide bonds. The fourth-order valence-corrected chi connectivity index (χ4v) is 3.33. The zero-order valence-electron chi connectivity index (χ0n) is 13.0. The van der Waals surface area contributed by atoms with Gasteiger partial charge in [-0.25, -0.2) is 9.37 Å².